The van der Waals surface area contributed by atoms with Gasteiger partial charge in [0.1, 0.15) is 11.6 Å². The summed E-state index contributed by atoms with van der Waals surface area (Å²) in [4.78, 5) is 4.33. The van der Waals surface area contributed by atoms with Crippen molar-refractivity contribution in [2.45, 2.75) is 6.04 Å². The number of rotatable bonds is 2. The summed E-state index contributed by atoms with van der Waals surface area (Å²) in [7, 11) is 2.52. The van der Waals surface area contributed by atoms with Crippen molar-refractivity contribution in [2.75, 3.05) is 0 Å². The van der Waals surface area contributed by atoms with Crippen LogP contribution in [0.4, 0.5) is 0 Å². The van der Waals surface area contributed by atoms with E-state index in [1.165, 1.54) is 0 Å². The molecular formula is C16H12Cl3N2P. The lowest BCUT2D eigenvalue weighted by atomic mass is 9.93. The molecule has 2 unspecified atom stereocenters. The number of aliphatic imine (C=N–C) groups is 1. The Hall–Kier alpha value is -1.05. The highest BCUT2D eigenvalue weighted by atomic mass is 35.5. The quantitative estimate of drug-likeness (QED) is 0.484. The van der Waals surface area contributed by atoms with Gasteiger partial charge < -0.3 is 0 Å². The fourth-order valence-corrected chi connectivity index (χ4v) is 3.38. The van der Waals surface area contributed by atoms with Crippen molar-refractivity contribution in [2.24, 2.45) is 4.99 Å². The average Bonchev–Trinajstić information content (AvgIpc) is 2.52. The predicted octanol–water partition coefficient (Wildman–Crippen LogP) is 5.78. The lowest BCUT2D eigenvalue weighted by Gasteiger charge is -2.32. The molecule has 0 saturated heterocycles. The highest BCUT2D eigenvalue weighted by Gasteiger charge is 2.30. The lowest BCUT2D eigenvalue weighted by Crippen LogP contribution is -2.26. The van der Waals surface area contributed by atoms with Crippen LogP contribution in [0.25, 0.3) is 5.57 Å². The van der Waals surface area contributed by atoms with E-state index in [4.69, 9.17) is 35.0 Å². The second-order valence-electron chi connectivity index (χ2n) is 4.79. The smallest absolute Gasteiger partial charge is 0.136 e. The van der Waals surface area contributed by atoms with Crippen LogP contribution in [0.5, 0.6) is 0 Å². The number of nitrogens with zero attached hydrogens (tertiary/aromatic N) is 2. The number of hydrogen-bond acceptors (Lipinski definition) is 2. The van der Waals surface area contributed by atoms with Gasteiger partial charge in [-0.2, -0.15) is 0 Å². The first kappa shape index (κ1) is 15.8. The Morgan fingerprint density at radius 1 is 0.955 bits per heavy atom. The van der Waals surface area contributed by atoms with Crippen LogP contribution in [0.2, 0.25) is 10.0 Å². The van der Waals surface area contributed by atoms with Crippen molar-refractivity contribution in [3.8, 4) is 0 Å². The summed E-state index contributed by atoms with van der Waals surface area (Å²) in [6.07, 6.45) is 1.79. The summed E-state index contributed by atoms with van der Waals surface area (Å²) in [5.74, 6) is 0. The first-order chi connectivity index (χ1) is 10.6. The second-order valence-corrected chi connectivity index (χ2v) is 6.48. The Morgan fingerprint density at radius 3 is 2.27 bits per heavy atom. The minimum atomic E-state index is -0.264. The van der Waals surface area contributed by atoms with Crippen molar-refractivity contribution < 1.29 is 0 Å². The van der Waals surface area contributed by atoms with E-state index in [9.17, 15) is 0 Å². The van der Waals surface area contributed by atoms with E-state index < -0.39 is 0 Å². The van der Waals surface area contributed by atoms with Gasteiger partial charge in [-0.25, -0.2) is 4.99 Å². The third-order valence-electron chi connectivity index (χ3n) is 3.46. The van der Waals surface area contributed by atoms with Gasteiger partial charge in [0.2, 0.25) is 0 Å². The summed E-state index contributed by atoms with van der Waals surface area (Å²) in [6.45, 7) is 0. The van der Waals surface area contributed by atoms with E-state index in [0.29, 0.717) is 15.6 Å². The molecule has 0 amide bonds. The molecule has 0 aromatic heterocycles. The summed E-state index contributed by atoms with van der Waals surface area (Å²) >= 11 is 19.2. The summed E-state index contributed by atoms with van der Waals surface area (Å²) in [5, 5.41) is 1.30. The minimum absolute atomic E-state index is 0.264. The van der Waals surface area contributed by atoms with Crippen LogP contribution in [0.15, 0.2) is 59.7 Å². The first-order valence-electron chi connectivity index (χ1n) is 6.57. The van der Waals surface area contributed by atoms with E-state index in [0.717, 1.165) is 16.7 Å². The molecule has 0 saturated carbocycles. The molecular weight excluding hydrogens is 358 g/mol. The van der Waals surface area contributed by atoms with Crippen molar-refractivity contribution in [1.29, 1.82) is 0 Å². The number of benzene rings is 2. The molecule has 3 rings (SSSR count). The SMILES string of the molecule is PC1=NC=C(c2ccccc2Cl)C(c2ccccc2Cl)N1Cl. The summed E-state index contributed by atoms with van der Waals surface area (Å²) < 4.78 is 1.56. The van der Waals surface area contributed by atoms with E-state index >= 15 is 0 Å². The van der Waals surface area contributed by atoms with Crippen LogP contribution < -0.4 is 0 Å². The molecule has 0 fully saturated rings. The van der Waals surface area contributed by atoms with Gasteiger partial charge in [-0.1, -0.05) is 68.8 Å². The lowest BCUT2D eigenvalue weighted by molar-refractivity contribution is 0.585. The van der Waals surface area contributed by atoms with Crippen LogP contribution in [0, 0.1) is 0 Å². The molecule has 0 radical (unpaired) electrons. The van der Waals surface area contributed by atoms with Gasteiger partial charge in [0.05, 0.1) is 0 Å². The molecule has 1 heterocycles. The molecule has 112 valence electrons. The average molecular weight is 370 g/mol. The van der Waals surface area contributed by atoms with E-state index in [1.807, 2.05) is 48.5 Å². The molecule has 1 aliphatic heterocycles. The monoisotopic (exact) mass is 368 g/mol. The van der Waals surface area contributed by atoms with Crippen molar-refractivity contribution in [3.05, 3.63) is 75.9 Å². The Kier molecular flexibility index (Phi) is 4.75. The highest BCUT2D eigenvalue weighted by Crippen LogP contribution is 2.43. The van der Waals surface area contributed by atoms with Gasteiger partial charge in [-0.3, -0.25) is 4.42 Å². The molecule has 2 atom stereocenters. The Bertz CT molecular complexity index is 773. The minimum Gasteiger partial charge on any atom is -0.257 e. The molecule has 22 heavy (non-hydrogen) atoms. The van der Waals surface area contributed by atoms with Crippen LogP contribution in [-0.4, -0.2) is 10.00 Å². The zero-order chi connectivity index (χ0) is 15.7. The van der Waals surface area contributed by atoms with E-state index in [2.05, 4.69) is 14.2 Å². The van der Waals surface area contributed by atoms with E-state index in [1.54, 1.807) is 10.6 Å². The maximum Gasteiger partial charge on any atom is 0.136 e. The maximum atomic E-state index is 6.48. The highest BCUT2D eigenvalue weighted by molar-refractivity contribution is 7.40. The fourth-order valence-electron chi connectivity index (χ4n) is 2.41. The zero-order valence-corrected chi connectivity index (χ0v) is 14.8. The van der Waals surface area contributed by atoms with Gasteiger partial charge in [0.25, 0.3) is 0 Å². The molecule has 1 aliphatic rings. The van der Waals surface area contributed by atoms with Gasteiger partial charge in [0, 0.05) is 39.2 Å². The van der Waals surface area contributed by atoms with Crippen LogP contribution >= 0.6 is 44.2 Å². The van der Waals surface area contributed by atoms with Gasteiger partial charge in [0.15, 0.2) is 0 Å². The molecule has 0 spiro atoms. The van der Waals surface area contributed by atoms with Crippen molar-refractivity contribution >= 4 is 55.4 Å². The van der Waals surface area contributed by atoms with Crippen molar-refractivity contribution in [1.82, 2.24) is 4.42 Å². The Balaban J connectivity index is 2.18. The third-order valence-corrected chi connectivity index (χ3v) is 5.09. The largest absolute Gasteiger partial charge is 0.257 e. The molecule has 2 nitrogen and oxygen atoms in total. The molecule has 2 aromatic rings. The second kappa shape index (κ2) is 6.60. The molecule has 2 aromatic carbocycles. The van der Waals surface area contributed by atoms with Crippen LogP contribution in [-0.2, 0) is 0 Å². The number of halogens is 3. The van der Waals surface area contributed by atoms with Crippen LogP contribution in [0.3, 0.4) is 0 Å². The van der Waals surface area contributed by atoms with Gasteiger partial charge in [-0.15, -0.1) is 0 Å². The standard InChI is InChI=1S/C16H12Cl3N2P/c17-13-7-3-1-5-10(13)12-9-20-16(22)21(19)15(12)11-6-2-4-8-14(11)18/h1-9,15H,22H2. The zero-order valence-electron chi connectivity index (χ0n) is 11.4. The predicted molar refractivity (Wildman–Crippen MR) is 98.5 cm³/mol. The van der Waals surface area contributed by atoms with Gasteiger partial charge >= 0.3 is 0 Å². The maximum absolute atomic E-state index is 6.48. The van der Waals surface area contributed by atoms with Gasteiger partial charge in [-0.05, 0) is 17.7 Å². The third kappa shape index (κ3) is 2.89. The summed E-state index contributed by atoms with van der Waals surface area (Å²) in [5.41, 5.74) is 3.32. The topological polar surface area (TPSA) is 15.6 Å². The fraction of sp³-hybridized carbons (Fsp3) is 0.0625. The Morgan fingerprint density at radius 2 is 1.59 bits per heavy atom. The number of amidine groups is 1. The van der Waals surface area contributed by atoms with E-state index in [-0.39, 0.29) is 6.04 Å². The molecule has 6 heteroatoms. The summed E-state index contributed by atoms with van der Waals surface area (Å²) in [6, 6.07) is 15.0. The molecule has 0 bridgehead atoms. The first-order valence-corrected chi connectivity index (χ1v) is 8.24. The normalized spacial score (nSPS) is 18.0. The Labute approximate surface area is 146 Å². The number of hydrogen-bond donors (Lipinski definition) is 0. The molecule has 0 N–H and O–H groups in total. The molecule has 0 aliphatic carbocycles. The van der Waals surface area contributed by atoms with Crippen molar-refractivity contribution in [3.63, 3.8) is 0 Å². The van der Waals surface area contributed by atoms with Crippen LogP contribution in [0.1, 0.15) is 17.2 Å².